The number of halogens is 1. The van der Waals surface area contributed by atoms with Gasteiger partial charge in [-0.1, -0.05) is 15.9 Å². The Morgan fingerprint density at radius 1 is 0.962 bits per heavy atom. The number of benzene rings is 1. The van der Waals surface area contributed by atoms with E-state index in [-0.39, 0.29) is 0 Å². The molecule has 1 aromatic carbocycles. The van der Waals surface area contributed by atoms with E-state index in [1.807, 2.05) is 20.8 Å². The third-order valence-electron chi connectivity index (χ3n) is 4.68. The van der Waals surface area contributed by atoms with Gasteiger partial charge < -0.3 is 4.90 Å². The van der Waals surface area contributed by atoms with Gasteiger partial charge >= 0.3 is 0 Å². The number of hydrogen-bond acceptors (Lipinski definition) is 5. The Bertz CT molecular complexity index is 900. The van der Waals surface area contributed by atoms with E-state index < -0.39 is 10.0 Å². The van der Waals surface area contributed by atoms with E-state index in [1.165, 1.54) is 0 Å². The second-order valence-corrected chi connectivity index (χ2v) is 9.36. The minimum atomic E-state index is -3.48. The summed E-state index contributed by atoms with van der Waals surface area (Å²) in [4.78, 5) is 11.5. The van der Waals surface area contributed by atoms with Crippen molar-refractivity contribution in [3.8, 4) is 0 Å². The summed E-state index contributed by atoms with van der Waals surface area (Å²) in [7, 11) is -3.48. The Kier molecular flexibility index (Phi) is 5.64. The third kappa shape index (κ3) is 3.92. The van der Waals surface area contributed by atoms with Crippen LogP contribution in [0.25, 0.3) is 0 Å². The van der Waals surface area contributed by atoms with Crippen LogP contribution in [0.15, 0.2) is 33.6 Å². The van der Waals surface area contributed by atoms with E-state index in [2.05, 4.69) is 30.8 Å². The Hall–Kier alpha value is -1.51. The van der Waals surface area contributed by atoms with Gasteiger partial charge in [0.2, 0.25) is 10.0 Å². The quantitative estimate of drug-likeness (QED) is 0.736. The van der Waals surface area contributed by atoms with E-state index in [0.717, 1.165) is 40.3 Å². The fraction of sp³-hybridized carbons (Fsp3) is 0.444. The Morgan fingerprint density at radius 3 is 2.35 bits per heavy atom. The lowest BCUT2D eigenvalue weighted by molar-refractivity contribution is 0.433. The van der Waals surface area contributed by atoms with E-state index in [4.69, 9.17) is 0 Å². The summed E-state index contributed by atoms with van der Waals surface area (Å²) in [6.07, 6.45) is 0.761. The standard InChI is InChI=1S/C18H23BrN4O2S/c1-13-14(2)20-15(3)21-18(13)22-9-4-10-23(12-11-22)26(24,25)17-7-5-16(19)6-8-17/h5-8H,4,9-12H2,1-3H3. The molecule has 0 N–H and O–H groups in total. The predicted octanol–water partition coefficient (Wildman–Crippen LogP) is 3.07. The number of nitrogens with zero attached hydrogens (tertiary/aromatic N) is 4. The first kappa shape index (κ1) is 19.3. The second kappa shape index (κ2) is 7.62. The van der Waals surface area contributed by atoms with Gasteiger partial charge in [0.05, 0.1) is 4.90 Å². The first-order valence-corrected chi connectivity index (χ1v) is 10.8. The van der Waals surface area contributed by atoms with Crippen molar-refractivity contribution in [2.24, 2.45) is 0 Å². The van der Waals surface area contributed by atoms with Gasteiger partial charge in [-0.05, 0) is 51.5 Å². The minimum Gasteiger partial charge on any atom is -0.355 e. The number of rotatable bonds is 3. The Labute approximate surface area is 163 Å². The highest BCUT2D eigenvalue weighted by atomic mass is 79.9. The molecule has 6 nitrogen and oxygen atoms in total. The molecule has 3 rings (SSSR count). The largest absolute Gasteiger partial charge is 0.355 e. The van der Waals surface area contributed by atoms with Crippen LogP contribution in [0.1, 0.15) is 23.5 Å². The van der Waals surface area contributed by atoms with Gasteiger partial charge in [0.15, 0.2) is 0 Å². The van der Waals surface area contributed by atoms with Crippen LogP contribution in [0, 0.1) is 20.8 Å². The molecule has 1 saturated heterocycles. The molecule has 0 bridgehead atoms. The van der Waals surface area contributed by atoms with Gasteiger partial charge in [-0.2, -0.15) is 4.31 Å². The molecule has 26 heavy (non-hydrogen) atoms. The fourth-order valence-corrected chi connectivity index (χ4v) is 4.89. The zero-order valence-electron chi connectivity index (χ0n) is 15.2. The number of aryl methyl sites for hydroxylation is 2. The van der Waals surface area contributed by atoms with Crippen molar-refractivity contribution in [1.29, 1.82) is 0 Å². The molecule has 0 spiro atoms. The summed E-state index contributed by atoms with van der Waals surface area (Å²) < 4.78 is 28.3. The monoisotopic (exact) mass is 438 g/mol. The molecule has 0 atom stereocenters. The lowest BCUT2D eigenvalue weighted by atomic mass is 10.2. The smallest absolute Gasteiger partial charge is 0.243 e. The molecule has 8 heteroatoms. The fourth-order valence-electron chi connectivity index (χ4n) is 3.16. The summed E-state index contributed by atoms with van der Waals surface area (Å²) in [6.45, 7) is 8.24. The molecule has 0 unspecified atom stereocenters. The molecular weight excluding hydrogens is 416 g/mol. The number of aromatic nitrogens is 2. The number of anilines is 1. The summed E-state index contributed by atoms with van der Waals surface area (Å²) in [5, 5.41) is 0. The Morgan fingerprint density at radius 2 is 1.65 bits per heavy atom. The van der Waals surface area contributed by atoms with Crippen LogP contribution in [0.2, 0.25) is 0 Å². The van der Waals surface area contributed by atoms with E-state index >= 15 is 0 Å². The lowest BCUT2D eigenvalue weighted by Gasteiger charge is -2.24. The minimum absolute atomic E-state index is 0.332. The summed E-state index contributed by atoms with van der Waals surface area (Å²) in [5.41, 5.74) is 2.02. The van der Waals surface area contributed by atoms with Gasteiger partial charge in [0, 0.05) is 41.9 Å². The Balaban J connectivity index is 1.81. The van der Waals surface area contributed by atoms with Crippen LogP contribution in [-0.2, 0) is 10.0 Å². The van der Waals surface area contributed by atoms with Crippen LogP contribution in [-0.4, -0.2) is 48.9 Å². The highest BCUT2D eigenvalue weighted by molar-refractivity contribution is 9.10. The molecule has 0 aliphatic carbocycles. The summed E-state index contributed by atoms with van der Waals surface area (Å²) in [5.74, 6) is 1.66. The van der Waals surface area contributed by atoms with Crippen molar-refractivity contribution < 1.29 is 8.42 Å². The van der Waals surface area contributed by atoms with Crippen molar-refractivity contribution >= 4 is 31.8 Å². The maximum Gasteiger partial charge on any atom is 0.243 e. The van der Waals surface area contributed by atoms with Crippen molar-refractivity contribution in [2.45, 2.75) is 32.1 Å². The highest BCUT2D eigenvalue weighted by Gasteiger charge is 2.27. The zero-order chi connectivity index (χ0) is 18.9. The highest BCUT2D eigenvalue weighted by Crippen LogP contribution is 2.24. The van der Waals surface area contributed by atoms with Crippen LogP contribution in [0.3, 0.4) is 0 Å². The van der Waals surface area contributed by atoms with Crippen LogP contribution in [0.5, 0.6) is 0 Å². The summed E-state index contributed by atoms with van der Waals surface area (Å²) in [6, 6.07) is 6.80. The van der Waals surface area contributed by atoms with Crippen molar-refractivity contribution in [2.75, 3.05) is 31.1 Å². The van der Waals surface area contributed by atoms with E-state index in [1.54, 1.807) is 28.6 Å². The van der Waals surface area contributed by atoms with E-state index in [9.17, 15) is 8.42 Å². The van der Waals surface area contributed by atoms with Gasteiger partial charge in [-0.15, -0.1) is 0 Å². The van der Waals surface area contributed by atoms with Gasteiger partial charge in [-0.3, -0.25) is 0 Å². The van der Waals surface area contributed by atoms with Crippen LogP contribution >= 0.6 is 15.9 Å². The molecule has 140 valence electrons. The topological polar surface area (TPSA) is 66.4 Å². The average Bonchev–Trinajstić information content (AvgIpc) is 2.85. The first-order valence-electron chi connectivity index (χ1n) is 8.61. The molecule has 2 aromatic rings. The molecule has 1 aromatic heterocycles. The zero-order valence-corrected chi connectivity index (χ0v) is 17.6. The van der Waals surface area contributed by atoms with Gasteiger partial charge in [0.1, 0.15) is 11.6 Å². The normalized spacial score (nSPS) is 16.5. The molecule has 0 amide bonds. The lowest BCUT2D eigenvalue weighted by Crippen LogP contribution is -2.35. The SMILES string of the molecule is Cc1nc(C)c(C)c(N2CCCN(S(=O)(=O)c3ccc(Br)cc3)CC2)n1. The molecule has 1 aliphatic heterocycles. The molecule has 0 radical (unpaired) electrons. The molecule has 1 fully saturated rings. The molecule has 1 aliphatic rings. The van der Waals surface area contributed by atoms with Crippen LogP contribution in [0.4, 0.5) is 5.82 Å². The third-order valence-corrected chi connectivity index (χ3v) is 7.12. The molecule has 2 heterocycles. The number of hydrogen-bond donors (Lipinski definition) is 0. The van der Waals surface area contributed by atoms with E-state index in [0.29, 0.717) is 24.5 Å². The van der Waals surface area contributed by atoms with Crippen molar-refractivity contribution in [1.82, 2.24) is 14.3 Å². The van der Waals surface area contributed by atoms with Crippen molar-refractivity contribution in [3.63, 3.8) is 0 Å². The first-order chi connectivity index (χ1) is 12.3. The van der Waals surface area contributed by atoms with Crippen molar-refractivity contribution in [3.05, 3.63) is 45.8 Å². The molecular formula is C18H23BrN4O2S. The molecule has 0 saturated carbocycles. The maximum atomic E-state index is 12.9. The number of sulfonamides is 1. The van der Waals surface area contributed by atoms with Gasteiger partial charge in [-0.25, -0.2) is 18.4 Å². The second-order valence-electron chi connectivity index (χ2n) is 6.50. The van der Waals surface area contributed by atoms with Crippen LogP contribution < -0.4 is 4.90 Å². The maximum absolute atomic E-state index is 12.9. The average molecular weight is 439 g/mol. The summed E-state index contributed by atoms with van der Waals surface area (Å²) >= 11 is 3.35. The van der Waals surface area contributed by atoms with Gasteiger partial charge in [0.25, 0.3) is 0 Å². The predicted molar refractivity (Wildman–Crippen MR) is 106 cm³/mol.